The van der Waals surface area contributed by atoms with E-state index < -0.39 is 27.3 Å². The molecule has 0 amide bonds. The maximum absolute atomic E-state index is 12.5. The van der Waals surface area contributed by atoms with Crippen LogP contribution >= 0.6 is 0 Å². The maximum Gasteiger partial charge on any atom is 0.417 e. The Balaban J connectivity index is 3.29. The van der Waals surface area contributed by atoms with Gasteiger partial charge >= 0.3 is 6.18 Å². The highest BCUT2D eigenvalue weighted by molar-refractivity contribution is 7.92. The average Bonchev–Trinajstić information content (AvgIpc) is 2.13. The number of alkyl halides is 3. The molecular formula is C9H7F3N2O2S. The van der Waals surface area contributed by atoms with Crippen LogP contribution in [0.25, 0.3) is 0 Å². The lowest BCUT2D eigenvalue weighted by Gasteiger charge is -2.11. The minimum absolute atomic E-state index is 0.237. The normalized spacial score (nSPS) is 11.9. The first-order valence-corrected chi connectivity index (χ1v) is 6.12. The molecule has 92 valence electrons. The van der Waals surface area contributed by atoms with Crippen molar-refractivity contribution in [3.63, 3.8) is 0 Å². The number of anilines is 1. The molecule has 0 radical (unpaired) electrons. The Labute approximate surface area is 95.7 Å². The number of nitriles is 1. The van der Waals surface area contributed by atoms with E-state index in [9.17, 15) is 21.6 Å². The van der Waals surface area contributed by atoms with Crippen molar-refractivity contribution in [2.75, 3.05) is 11.0 Å². The van der Waals surface area contributed by atoms with E-state index in [0.717, 1.165) is 18.4 Å². The van der Waals surface area contributed by atoms with Crippen LogP contribution in [0.2, 0.25) is 0 Å². The van der Waals surface area contributed by atoms with Gasteiger partial charge in [0.25, 0.3) is 0 Å². The molecule has 1 aromatic rings. The van der Waals surface area contributed by atoms with Gasteiger partial charge in [-0.2, -0.15) is 18.4 Å². The number of hydrogen-bond acceptors (Lipinski definition) is 3. The number of sulfonamides is 1. The van der Waals surface area contributed by atoms with E-state index >= 15 is 0 Å². The number of benzene rings is 1. The maximum atomic E-state index is 12.5. The van der Waals surface area contributed by atoms with Crippen LogP contribution in [0.5, 0.6) is 0 Å². The monoisotopic (exact) mass is 264 g/mol. The molecule has 0 saturated carbocycles. The summed E-state index contributed by atoms with van der Waals surface area (Å²) in [4.78, 5) is 0. The van der Waals surface area contributed by atoms with Gasteiger partial charge < -0.3 is 0 Å². The second-order valence-electron chi connectivity index (χ2n) is 3.24. The first kappa shape index (κ1) is 13.3. The van der Waals surface area contributed by atoms with E-state index in [1.54, 1.807) is 0 Å². The van der Waals surface area contributed by atoms with Crippen LogP contribution in [0.4, 0.5) is 18.9 Å². The number of rotatable bonds is 2. The second-order valence-corrected chi connectivity index (χ2v) is 4.99. The summed E-state index contributed by atoms with van der Waals surface area (Å²) in [7, 11) is -3.66. The van der Waals surface area contributed by atoms with E-state index in [4.69, 9.17) is 5.26 Å². The second kappa shape index (κ2) is 4.25. The summed E-state index contributed by atoms with van der Waals surface area (Å²) in [5.41, 5.74) is -1.97. The molecule has 17 heavy (non-hydrogen) atoms. The Bertz CT molecular complexity index is 573. The summed E-state index contributed by atoms with van der Waals surface area (Å²) in [6, 6.07) is 3.98. The standard InChI is InChI=1S/C9H7F3N2O2S/c1-17(15,16)14-7-3-2-6(5-13)8(4-7)9(10,11)12/h2-4,14H,1H3. The van der Waals surface area contributed by atoms with Gasteiger partial charge in [0.2, 0.25) is 10.0 Å². The third-order valence-corrected chi connectivity index (χ3v) is 2.36. The molecular weight excluding hydrogens is 257 g/mol. The van der Waals surface area contributed by atoms with Gasteiger partial charge in [-0.15, -0.1) is 0 Å². The first-order chi connectivity index (χ1) is 7.63. The molecule has 4 nitrogen and oxygen atoms in total. The van der Waals surface area contributed by atoms with Crippen molar-refractivity contribution >= 4 is 15.7 Å². The van der Waals surface area contributed by atoms with Gasteiger partial charge in [-0.1, -0.05) is 0 Å². The van der Waals surface area contributed by atoms with Crippen LogP contribution in [0, 0.1) is 11.3 Å². The summed E-state index contributed by atoms with van der Waals surface area (Å²) < 4.78 is 61.2. The van der Waals surface area contributed by atoms with E-state index in [2.05, 4.69) is 0 Å². The fourth-order valence-electron chi connectivity index (χ4n) is 1.15. The number of nitrogens with zero attached hydrogens (tertiary/aromatic N) is 1. The van der Waals surface area contributed by atoms with Crippen LogP contribution in [0.1, 0.15) is 11.1 Å². The Kier molecular flexibility index (Phi) is 3.33. The Morgan fingerprint density at radius 1 is 1.35 bits per heavy atom. The smallest absolute Gasteiger partial charge is 0.284 e. The molecule has 0 fully saturated rings. The summed E-state index contributed by atoms with van der Waals surface area (Å²) in [5, 5.41) is 8.52. The number of hydrogen-bond donors (Lipinski definition) is 1. The minimum atomic E-state index is -4.71. The van der Waals surface area contributed by atoms with Gasteiger partial charge in [0.15, 0.2) is 0 Å². The van der Waals surface area contributed by atoms with Gasteiger partial charge in [-0.3, -0.25) is 4.72 Å². The zero-order valence-electron chi connectivity index (χ0n) is 8.54. The average molecular weight is 264 g/mol. The van der Waals surface area contributed by atoms with Crippen molar-refractivity contribution in [1.82, 2.24) is 0 Å². The molecule has 0 saturated heterocycles. The fraction of sp³-hybridized carbons (Fsp3) is 0.222. The van der Waals surface area contributed by atoms with Crippen molar-refractivity contribution in [1.29, 1.82) is 5.26 Å². The quantitative estimate of drug-likeness (QED) is 0.887. The lowest BCUT2D eigenvalue weighted by atomic mass is 10.1. The molecule has 0 aliphatic rings. The molecule has 1 rings (SSSR count). The van der Waals surface area contributed by atoms with E-state index in [-0.39, 0.29) is 5.69 Å². The zero-order valence-corrected chi connectivity index (χ0v) is 9.35. The van der Waals surface area contributed by atoms with E-state index in [1.165, 1.54) is 6.07 Å². The summed E-state index contributed by atoms with van der Waals surface area (Å²) in [6.45, 7) is 0. The van der Waals surface area contributed by atoms with Crippen LogP contribution in [-0.4, -0.2) is 14.7 Å². The highest BCUT2D eigenvalue weighted by atomic mass is 32.2. The highest BCUT2D eigenvalue weighted by Crippen LogP contribution is 2.33. The van der Waals surface area contributed by atoms with Crippen molar-refractivity contribution in [2.45, 2.75) is 6.18 Å². The van der Waals surface area contributed by atoms with Crippen LogP contribution in [0.15, 0.2) is 18.2 Å². The predicted molar refractivity (Wildman–Crippen MR) is 54.6 cm³/mol. The largest absolute Gasteiger partial charge is 0.417 e. The van der Waals surface area contributed by atoms with Crippen LogP contribution in [0.3, 0.4) is 0 Å². The first-order valence-electron chi connectivity index (χ1n) is 4.22. The van der Waals surface area contributed by atoms with Gasteiger partial charge in [-0.25, -0.2) is 8.42 Å². The van der Waals surface area contributed by atoms with Crippen molar-refractivity contribution in [3.8, 4) is 6.07 Å². The molecule has 0 aliphatic carbocycles. The van der Waals surface area contributed by atoms with Gasteiger partial charge in [0, 0.05) is 5.69 Å². The zero-order chi connectivity index (χ0) is 13.3. The topological polar surface area (TPSA) is 70.0 Å². The van der Waals surface area contributed by atoms with E-state index in [1.807, 2.05) is 4.72 Å². The van der Waals surface area contributed by atoms with Crippen molar-refractivity contribution in [3.05, 3.63) is 29.3 Å². The lowest BCUT2D eigenvalue weighted by molar-refractivity contribution is -0.137. The molecule has 0 aliphatic heterocycles. The highest BCUT2D eigenvalue weighted by Gasteiger charge is 2.33. The van der Waals surface area contributed by atoms with Crippen molar-refractivity contribution in [2.24, 2.45) is 0 Å². The van der Waals surface area contributed by atoms with Gasteiger partial charge in [0.1, 0.15) is 0 Å². The third kappa shape index (κ3) is 3.64. The molecule has 8 heteroatoms. The Hall–Kier alpha value is -1.75. The Morgan fingerprint density at radius 3 is 2.35 bits per heavy atom. The molecule has 0 aromatic heterocycles. The van der Waals surface area contributed by atoms with Crippen LogP contribution < -0.4 is 4.72 Å². The predicted octanol–water partition coefficient (Wildman–Crippen LogP) is 1.95. The van der Waals surface area contributed by atoms with E-state index in [0.29, 0.717) is 6.07 Å². The lowest BCUT2D eigenvalue weighted by Crippen LogP contribution is -2.12. The summed E-state index contributed by atoms with van der Waals surface area (Å²) >= 11 is 0. The number of halogens is 3. The van der Waals surface area contributed by atoms with Gasteiger partial charge in [-0.05, 0) is 18.2 Å². The van der Waals surface area contributed by atoms with Gasteiger partial charge in [0.05, 0.1) is 23.5 Å². The van der Waals surface area contributed by atoms with Crippen LogP contribution in [-0.2, 0) is 16.2 Å². The molecule has 0 spiro atoms. The Morgan fingerprint density at radius 2 is 1.94 bits per heavy atom. The minimum Gasteiger partial charge on any atom is -0.284 e. The summed E-state index contributed by atoms with van der Waals surface area (Å²) in [6.07, 6.45) is -3.89. The third-order valence-electron chi connectivity index (χ3n) is 1.75. The molecule has 1 aromatic carbocycles. The molecule has 0 unspecified atom stereocenters. The SMILES string of the molecule is CS(=O)(=O)Nc1ccc(C#N)c(C(F)(F)F)c1. The molecule has 0 atom stereocenters. The summed E-state index contributed by atoms with van der Waals surface area (Å²) in [5.74, 6) is 0. The molecule has 1 N–H and O–H groups in total. The fourth-order valence-corrected chi connectivity index (χ4v) is 1.71. The van der Waals surface area contributed by atoms with Crippen molar-refractivity contribution < 1.29 is 21.6 Å². The number of nitrogens with one attached hydrogen (secondary N) is 1. The molecule has 0 heterocycles. The molecule has 0 bridgehead atoms.